The van der Waals surface area contributed by atoms with Crippen LogP contribution in [0.3, 0.4) is 0 Å². The van der Waals surface area contributed by atoms with E-state index in [2.05, 4.69) is 15.3 Å². The van der Waals surface area contributed by atoms with Gasteiger partial charge in [-0.25, -0.2) is 9.97 Å². The molecule has 0 saturated heterocycles. The molecule has 1 atom stereocenters. The van der Waals surface area contributed by atoms with Gasteiger partial charge in [-0.05, 0) is 42.3 Å². The number of aliphatic hydroxyl groups is 1. The van der Waals surface area contributed by atoms with Gasteiger partial charge in [0.2, 0.25) is 5.95 Å². The number of nitrogen functional groups attached to an aromatic ring is 1. The summed E-state index contributed by atoms with van der Waals surface area (Å²) in [7, 11) is 0. The van der Waals surface area contributed by atoms with Crippen molar-refractivity contribution >= 4 is 34.8 Å². The van der Waals surface area contributed by atoms with Crippen molar-refractivity contribution in [2.75, 3.05) is 18.9 Å². The largest absolute Gasteiger partial charge is 0.396 e. The summed E-state index contributed by atoms with van der Waals surface area (Å²) in [4.78, 5) is 22.0. The zero-order chi connectivity index (χ0) is 19.2. The first kappa shape index (κ1) is 19.3. The second kappa shape index (κ2) is 8.94. The van der Waals surface area contributed by atoms with Crippen molar-refractivity contribution in [2.45, 2.75) is 12.3 Å². The summed E-state index contributed by atoms with van der Waals surface area (Å²) in [5, 5.41) is 12.9. The van der Waals surface area contributed by atoms with E-state index in [9.17, 15) is 9.90 Å². The first-order valence-electron chi connectivity index (χ1n) is 8.40. The topological polar surface area (TPSA) is 101 Å². The number of hydrogen-bond acceptors (Lipinski definition) is 6. The van der Waals surface area contributed by atoms with Gasteiger partial charge < -0.3 is 16.2 Å². The number of thiophene rings is 1. The molecule has 0 radical (unpaired) electrons. The fraction of sp³-hybridized carbons (Fsp3) is 0.211. The van der Waals surface area contributed by atoms with E-state index in [0.717, 1.165) is 10.4 Å². The Balaban J connectivity index is 1.66. The summed E-state index contributed by atoms with van der Waals surface area (Å²) in [5.74, 6) is 0.0456. The summed E-state index contributed by atoms with van der Waals surface area (Å²) in [6, 6.07) is 12.8. The summed E-state index contributed by atoms with van der Waals surface area (Å²) in [5.41, 5.74) is 7.32. The summed E-state index contributed by atoms with van der Waals surface area (Å²) in [6.45, 7) is 0.468. The van der Waals surface area contributed by atoms with Crippen LogP contribution in [0.5, 0.6) is 0 Å². The predicted molar refractivity (Wildman–Crippen MR) is 108 cm³/mol. The van der Waals surface area contributed by atoms with Gasteiger partial charge in [-0.1, -0.05) is 23.7 Å². The van der Waals surface area contributed by atoms with E-state index in [1.54, 1.807) is 18.3 Å². The van der Waals surface area contributed by atoms with Crippen molar-refractivity contribution in [1.82, 2.24) is 15.3 Å². The molecule has 8 heteroatoms. The molecule has 1 amide bonds. The number of aliphatic hydroxyl groups excluding tert-OH is 1. The molecule has 0 saturated carbocycles. The normalized spacial score (nSPS) is 11.9. The Morgan fingerprint density at radius 3 is 2.70 bits per heavy atom. The molecule has 27 heavy (non-hydrogen) atoms. The van der Waals surface area contributed by atoms with Crippen LogP contribution < -0.4 is 11.1 Å². The zero-order valence-electron chi connectivity index (χ0n) is 14.4. The molecule has 0 aliphatic rings. The molecular weight excluding hydrogens is 384 g/mol. The summed E-state index contributed by atoms with van der Waals surface area (Å²) >= 11 is 7.27. The lowest BCUT2D eigenvalue weighted by molar-refractivity contribution is 0.0953. The highest BCUT2D eigenvalue weighted by Crippen LogP contribution is 2.27. The van der Waals surface area contributed by atoms with Crippen LogP contribution in [0.4, 0.5) is 5.95 Å². The third kappa shape index (κ3) is 5.03. The number of aromatic nitrogens is 2. The lowest BCUT2D eigenvalue weighted by Crippen LogP contribution is -2.28. The Hall–Kier alpha value is -2.48. The molecule has 1 unspecified atom stereocenters. The molecular formula is C19H19ClN4O2S. The van der Waals surface area contributed by atoms with E-state index in [0.29, 0.717) is 28.6 Å². The maximum atomic E-state index is 12.5. The Bertz CT molecular complexity index is 914. The standard InChI is InChI=1S/C19H19ClN4O2S/c20-14-3-1-12(2-4-14)13(8-10-25)11-23-18(26)17-6-5-16(27-17)15-7-9-22-19(21)24-15/h1-7,9,13,25H,8,10-11H2,(H,23,26)(H2,21,22,24). The van der Waals surface area contributed by atoms with Crippen LogP contribution in [0.1, 0.15) is 27.6 Å². The number of nitrogens with zero attached hydrogens (tertiary/aromatic N) is 2. The lowest BCUT2D eigenvalue weighted by atomic mass is 9.96. The van der Waals surface area contributed by atoms with Crippen LogP contribution in [0, 0.1) is 0 Å². The average molecular weight is 403 g/mol. The first-order valence-corrected chi connectivity index (χ1v) is 9.59. The predicted octanol–water partition coefficient (Wildman–Crippen LogP) is 3.34. The van der Waals surface area contributed by atoms with Gasteiger partial charge in [0, 0.05) is 30.3 Å². The zero-order valence-corrected chi connectivity index (χ0v) is 16.0. The molecule has 140 valence electrons. The third-order valence-corrected chi connectivity index (χ3v) is 5.44. The van der Waals surface area contributed by atoms with Crippen LogP contribution in [0.25, 0.3) is 10.6 Å². The molecule has 3 rings (SSSR count). The van der Waals surface area contributed by atoms with E-state index in [1.165, 1.54) is 11.3 Å². The Kier molecular flexibility index (Phi) is 6.39. The average Bonchev–Trinajstić information content (AvgIpc) is 3.16. The van der Waals surface area contributed by atoms with Crippen LogP contribution in [-0.4, -0.2) is 34.1 Å². The second-order valence-electron chi connectivity index (χ2n) is 5.93. The Labute approximate surface area is 166 Å². The van der Waals surface area contributed by atoms with Gasteiger partial charge >= 0.3 is 0 Å². The van der Waals surface area contributed by atoms with E-state index >= 15 is 0 Å². The fourth-order valence-corrected chi connectivity index (χ4v) is 3.71. The molecule has 0 fully saturated rings. The summed E-state index contributed by atoms with van der Waals surface area (Å²) < 4.78 is 0. The van der Waals surface area contributed by atoms with Gasteiger partial charge in [-0.3, -0.25) is 4.79 Å². The first-order chi connectivity index (χ1) is 13.1. The molecule has 4 N–H and O–H groups in total. The number of anilines is 1. The minimum absolute atomic E-state index is 0.0114. The van der Waals surface area contributed by atoms with E-state index < -0.39 is 0 Å². The van der Waals surface area contributed by atoms with Crippen LogP contribution in [0.2, 0.25) is 5.02 Å². The maximum absolute atomic E-state index is 12.5. The number of rotatable bonds is 7. The quantitative estimate of drug-likeness (QED) is 0.562. The van der Waals surface area contributed by atoms with Crippen molar-refractivity contribution in [2.24, 2.45) is 0 Å². The van der Waals surface area contributed by atoms with Gasteiger partial charge in [0.05, 0.1) is 15.4 Å². The molecule has 2 aromatic heterocycles. The monoisotopic (exact) mass is 402 g/mol. The highest BCUT2D eigenvalue weighted by atomic mass is 35.5. The maximum Gasteiger partial charge on any atom is 0.261 e. The molecule has 1 aromatic carbocycles. The molecule has 6 nitrogen and oxygen atoms in total. The molecule has 0 spiro atoms. The minimum atomic E-state index is -0.162. The minimum Gasteiger partial charge on any atom is -0.396 e. The van der Waals surface area contributed by atoms with Crippen LogP contribution in [-0.2, 0) is 0 Å². The van der Waals surface area contributed by atoms with E-state index in [1.807, 2.05) is 30.3 Å². The molecule has 0 aliphatic carbocycles. The number of carbonyl (C=O) groups excluding carboxylic acids is 1. The van der Waals surface area contributed by atoms with Crippen LogP contribution in [0.15, 0.2) is 48.7 Å². The number of hydrogen-bond donors (Lipinski definition) is 3. The van der Waals surface area contributed by atoms with Gasteiger partial charge in [-0.2, -0.15) is 0 Å². The van der Waals surface area contributed by atoms with Crippen LogP contribution >= 0.6 is 22.9 Å². The number of halogens is 1. The highest BCUT2D eigenvalue weighted by molar-refractivity contribution is 7.17. The van der Waals surface area contributed by atoms with Gasteiger partial charge in [0.25, 0.3) is 5.91 Å². The van der Waals surface area contributed by atoms with Gasteiger partial charge in [0.15, 0.2) is 0 Å². The van der Waals surface area contributed by atoms with Crippen molar-refractivity contribution < 1.29 is 9.90 Å². The SMILES string of the molecule is Nc1nccc(-c2ccc(C(=O)NCC(CCO)c3ccc(Cl)cc3)s2)n1. The van der Waals surface area contributed by atoms with E-state index in [4.69, 9.17) is 17.3 Å². The summed E-state index contributed by atoms with van der Waals surface area (Å²) in [6.07, 6.45) is 2.14. The van der Waals surface area contributed by atoms with Crippen molar-refractivity contribution in [3.8, 4) is 10.6 Å². The lowest BCUT2D eigenvalue weighted by Gasteiger charge is -2.17. The van der Waals surface area contributed by atoms with Crippen molar-refractivity contribution in [1.29, 1.82) is 0 Å². The highest BCUT2D eigenvalue weighted by Gasteiger charge is 2.15. The third-order valence-electron chi connectivity index (χ3n) is 4.08. The number of nitrogens with two attached hydrogens (primary N) is 1. The van der Waals surface area contributed by atoms with Gasteiger partial charge in [0.1, 0.15) is 0 Å². The molecule has 2 heterocycles. The number of carbonyl (C=O) groups is 1. The molecule has 0 aliphatic heterocycles. The number of benzene rings is 1. The Morgan fingerprint density at radius 2 is 2.00 bits per heavy atom. The Morgan fingerprint density at radius 1 is 1.22 bits per heavy atom. The van der Waals surface area contributed by atoms with E-state index in [-0.39, 0.29) is 24.4 Å². The van der Waals surface area contributed by atoms with Gasteiger partial charge in [-0.15, -0.1) is 11.3 Å². The van der Waals surface area contributed by atoms with Crippen molar-refractivity contribution in [3.63, 3.8) is 0 Å². The number of amides is 1. The fourth-order valence-electron chi connectivity index (χ4n) is 2.69. The smallest absolute Gasteiger partial charge is 0.261 e. The molecule has 3 aromatic rings. The second-order valence-corrected chi connectivity index (χ2v) is 7.45. The van der Waals surface area contributed by atoms with Crippen molar-refractivity contribution in [3.05, 3.63) is 64.1 Å². The number of nitrogens with one attached hydrogen (secondary N) is 1. The molecule has 0 bridgehead atoms.